The molecule has 2 N–H and O–H groups in total. The highest BCUT2D eigenvalue weighted by Crippen LogP contribution is 2.31. The highest BCUT2D eigenvalue weighted by molar-refractivity contribution is 5.93. The number of amides is 2. The Labute approximate surface area is 256 Å². The molecule has 11 nitrogen and oxygen atoms in total. The zero-order chi connectivity index (χ0) is 30.5. The molecule has 0 saturated heterocycles. The number of nitrogens with zero attached hydrogens (tertiary/aromatic N) is 8. The van der Waals surface area contributed by atoms with Crippen molar-refractivity contribution in [3.05, 3.63) is 96.8 Å². The zero-order valence-corrected chi connectivity index (χ0v) is 24.8. The first kappa shape index (κ1) is 28.6. The van der Waals surface area contributed by atoms with Gasteiger partial charge in [-0.25, -0.2) is 19.7 Å². The van der Waals surface area contributed by atoms with Crippen LogP contribution >= 0.6 is 0 Å². The first-order valence-electron chi connectivity index (χ1n) is 14.7. The van der Waals surface area contributed by atoms with E-state index in [1.807, 2.05) is 90.6 Å². The summed E-state index contributed by atoms with van der Waals surface area (Å²) < 4.78 is 3.61. The minimum absolute atomic E-state index is 0.0277. The van der Waals surface area contributed by atoms with Gasteiger partial charge in [0.15, 0.2) is 0 Å². The van der Waals surface area contributed by atoms with Crippen molar-refractivity contribution < 1.29 is 4.79 Å². The highest BCUT2D eigenvalue weighted by Gasteiger charge is 2.30. The summed E-state index contributed by atoms with van der Waals surface area (Å²) in [6.07, 6.45) is 12.0. The largest absolute Gasteiger partial charge is 0.351 e. The van der Waals surface area contributed by atoms with Crippen LogP contribution in [0.1, 0.15) is 36.8 Å². The Morgan fingerprint density at radius 3 is 2.43 bits per heavy atom. The number of carbonyl (C=O) groups excluding carboxylic acids is 1. The number of aromatic nitrogens is 6. The van der Waals surface area contributed by atoms with Gasteiger partial charge in [0.1, 0.15) is 11.8 Å². The Morgan fingerprint density at radius 2 is 1.77 bits per heavy atom. The fraction of sp³-hybridized carbons (Fsp3) is 0.273. The van der Waals surface area contributed by atoms with Crippen LogP contribution in [0.25, 0.3) is 22.5 Å². The molecule has 11 heteroatoms. The quantitative estimate of drug-likeness (QED) is 0.253. The number of hydrogen-bond donors (Lipinski definition) is 2. The lowest BCUT2D eigenvalue weighted by molar-refractivity contribution is 0.240. The third-order valence-electron chi connectivity index (χ3n) is 8.05. The lowest BCUT2D eigenvalue weighted by atomic mass is 9.90. The summed E-state index contributed by atoms with van der Waals surface area (Å²) in [6, 6.07) is 20.3. The Bertz CT molecular complexity index is 1760. The summed E-state index contributed by atoms with van der Waals surface area (Å²) in [6.45, 7) is 0.454. The molecule has 1 aliphatic rings. The number of nitrogens with one attached hydrogen (secondary N) is 2. The number of nitriles is 1. The van der Waals surface area contributed by atoms with E-state index >= 15 is 0 Å². The van der Waals surface area contributed by atoms with Crippen LogP contribution in [0.3, 0.4) is 0 Å². The number of urea groups is 1. The van der Waals surface area contributed by atoms with Crippen LogP contribution in [0.15, 0.2) is 85.7 Å². The average molecular weight is 587 g/mol. The molecule has 0 unspecified atom stereocenters. The minimum Gasteiger partial charge on any atom is -0.351 e. The number of imidazole rings is 1. The van der Waals surface area contributed by atoms with Crippen LogP contribution in [-0.2, 0) is 20.6 Å². The van der Waals surface area contributed by atoms with Gasteiger partial charge in [0.2, 0.25) is 5.95 Å². The molecule has 44 heavy (non-hydrogen) atoms. The lowest BCUT2D eigenvalue weighted by Crippen LogP contribution is -2.48. The van der Waals surface area contributed by atoms with E-state index < -0.39 is 0 Å². The molecule has 3 heterocycles. The van der Waals surface area contributed by atoms with Crippen molar-refractivity contribution in [3.8, 4) is 28.6 Å². The average Bonchev–Trinajstić information content (AvgIpc) is 3.69. The van der Waals surface area contributed by atoms with E-state index in [9.17, 15) is 10.1 Å². The van der Waals surface area contributed by atoms with E-state index in [0.717, 1.165) is 53.8 Å². The van der Waals surface area contributed by atoms with Crippen LogP contribution < -0.4 is 15.5 Å². The SMILES string of the molecule is Cn1cc(-c2ccc(N(C(=O)NCc3ccccc3)C3CCC(Nc4ncc(C#N)c(-c5cncn5C)n4)CC3)cc2)cn1. The van der Waals surface area contributed by atoms with Crippen LogP contribution in [-0.4, -0.2) is 47.4 Å². The van der Waals surface area contributed by atoms with Crippen molar-refractivity contribution in [2.24, 2.45) is 14.1 Å². The molecule has 2 amide bonds. The molecule has 0 aliphatic heterocycles. The summed E-state index contributed by atoms with van der Waals surface area (Å²) in [5.74, 6) is 0.479. The second kappa shape index (κ2) is 12.8. The molecular weight excluding hydrogens is 552 g/mol. The first-order valence-corrected chi connectivity index (χ1v) is 14.7. The molecule has 0 atom stereocenters. The normalized spacial score (nSPS) is 16.2. The minimum atomic E-state index is -0.115. The van der Waals surface area contributed by atoms with Crippen LogP contribution in [0, 0.1) is 11.3 Å². The van der Waals surface area contributed by atoms with Gasteiger partial charge in [-0.05, 0) is 48.9 Å². The molecule has 1 fully saturated rings. The Hall–Kier alpha value is -5.50. The van der Waals surface area contributed by atoms with E-state index in [1.54, 1.807) is 23.4 Å². The topological polar surface area (TPSA) is 130 Å². The zero-order valence-electron chi connectivity index (χ0n) is 24.8. The highest BCUT2D eigenvalue weighted by atomic mass is 16.2. The number of rotatable bonds is 8. The maximum atomic E-state index is 13.7. The van der Waals surface area contributed by atoms with Crippen LogP contribution in [0.5, 0.6) is 0 Å². The van der Waals surface area contributed by atoms with Crippen molar-refractivity contribution in [3.63, 3.8) is 0 Å². The Balaban J connectivity index is 1.17. The van der Waals surface area contributed by atoms with Gasteiger partial charge in [0.25, 0.3) is 0 Å². The molecule has 0 spiro atoms. The van der Waals surface area contributed by atoms with Gasteiger partial charge in [-0.3, -0.25) is 9.58 Å². The van der Waals surface area contributed by atoms with Gasteiger partial charge < -0.3 is 15.2 Å². The second-order valence-electron chi connectivity index (χ2n) is 11.1. The monoisotopic (exact) mass is 586 g/mol. The molecule has 6 rings (SSSR count). The molecule has 5 aromatic rings. The maximum Gasteiger partial charge on any atom is 0.322 e. The van der Waals surface area contributed by atoms with Crippen molar-refractivity contribution in [2.75, 3.05) is 10.2 Å². The smallest absolute Gasteiger partial charge is 0.322 e. The van der Waals surface area contributed by atoms with Gasteiger partial charge in [-0.2, -0.15) is 10.4 Å². The number of carbonyl (C=O) groups is 1. The van der Waals surface area contributed by atoms with Crippen molar-refractivity contribution >= 4 is 17.7 Å². The van der Waals surface area contributed by atoms with Crippen molar-refractivity contribution in [1.82, 2.24) is 34.6 Å². The molecular formula is C33H34N10O. The molecule has 0 bridgehead atoms. The Morgan fingerprint density at radius 1 is 1.00 bits per heavy atom. The van der Waals surface area contributed by atoms with E-state index in [0.29, 0.717) is 23.8 Å². The third-order valence-corrected chi connectivity index (χ3v) is 8.05. The van der Waals surface area contributed by atoms with Gasteiger partial charge in [-0.1, -0.05) is 42.5 Å². The van der Waals surface area contributed by atoms with Gasteiger partial charge >= 0.3 is 6.03 Å². The van der Waals surface area contributed by atoms with Crippen LogP contribution in [0.2, 0.25) is 0 Å². The first-order chi connectivity index (χ1) is 21.5. The molecule has 1 saturated carbocycles. The summed E-state index contributed by atoms with van der Waals surface area (Å²) in [5, 5.41) is 20.5. The number of hydrogen-bond acceptors (Lipinski definition) is 7. The fourth-order valence-corrected chi connectivity index (χ4v) is 5.71. The molecule has 3 aromatic heterocycles. The summed E-state index contributed by atoms with van der Waals surface area (Å²) in [7, 11) is 3.77. The van der Waals surface area contributed by atoms with E-state index in [-0.39, 0.29) is 18.1 Å². The van der Waals surface area contributed by atoms with Gasteiger partial charge in [0.05, 0.1) is 36.2 Å². The third kappa shape index (κ3) is 6.29. The van der Waals surface area contributed by atoms with Gasteiger partial charge in [0, 0.05) is 50.2 Å². The molecule has 0 radical (unpaired) electrons. The lowest BCUT2D eigenvalue weighted by Gasteiger charge is -2.37. The fourth-order valence-electron chi connectivity index (χ4n) is 5.71. The summed E-state index contributed by atoms with van der Waals surface area (Å²) >= 11 is 0. The predicted octanol–water partition coefficient (Wildman–Crippen LogP) is 5.29. The van der Waals surface area contributed by atoms with E-state index in [2.05, 4.69) is 36.8 Å². The molecule has 2 aromatic carbocycles. The summed E-state index contributed by atoms with van der Waals surface area (Å²) in [4.78, 5) is 28.9. The molecule has 1 aliphatic carbocycles. The second-order valence-corrected chi connectivity index (χ2v) is 11.1. The standard InChI is InChI=1S/C33H34N10O/c1-41-22-35-20-30(41)31-25(16-34)18-36-32(40-31)39-27-10-14-29(15-11-27)43(33(44)37-17-23-6-4-3-5-7-23)28-12-8-24(9-13-28)26-19-38-42(2)21-26/h3-9,12-13,18-22,27,29H,10-11,14-15,17H2,1-2H3,(H,37,44)(H,36,39,40). The van der Waals surface area contributed by atoms with Gasteiger partial charge in [-0.15, -0.1) is 0 Å². The van der Waals surface area contributed by atoms with Crippen molar-refractivity contribution in [1.29, 1.82) is 5.26 Å². The van der Waals surface area contributed by atoms with Crippen molar-refractivity contribution in [2.45, 2.75) is 44.3 Å². The molecule has 222 valence electrons. The van der Waals surface area contributed by atoms with E-state index in [1.165, 1.54) is 0 Å². The summed E-state index contributed by atoms with van der Waals surface area (Å²) in [5.41, 5.74) is 5.69. The number of anilines is 2. The number of benzene rings is 2. The Kier molecular flexibility index (Phi) is 8.32. The maximum absolute atomic E-state index is 13.7. The van der Waals surface area contributed by atoms with Crippen LogP contribution in [0.4, 0.5) is 16.4 Å². The van der Waals surface area contributed by atoms with E-state index in [4.69, 9.17) is 0 Å². The number of aryl methyl sites for hydroxylation is 2. The predicted molar refractivity (Wildman–Crippen MR) is 168 cm³/mol.